The number of rotatable bonds is 8. The Hall–Kier alpha value is -2.83. The summed E-state index contributed by atoms with van der Waals surface area (Å²) in [5.74, 6) is -1.40. The van der Waals surface area contributed by atoms with Crippen LogP contribution in [0.2, 0.25) is 0 Å². The summed E-state index contributed by atoms with van der Waals surface area (Å²) in [7, 11) is 0. The summed E-state index contributed by atoms with van der Waals surface area (Å²) in [4.78, 5) is 35.7. The fourth-order valence-electron chi connectivity index (χ4n) is 3.03. The number of hydrogen-bond donors (Lipinski definition) is 2. The molecule has 0 bridgehead atoms. The van der Waals surface area contributed by atoms with Crippen LogP contribution in [0.3, 0.4) is 0 Å². The maximum absolute atomic E-state index is 12.4. The topological polar surface area (TPSA) is 106 Å². The molecule has 7 heteroatoms. The van der Waals surface area contributed by atoms with Gasteiger partial charge in [0, 0.05) is 17.0 Å². The smallest absolute Gasteiger partial charge is 0.336 e. The molecule has 0 aliphatic carbocycles. The van der Waals surface area contributed by atoms with Crippen molar-refractivity contribution in [2.75, 3.05) is 0 Å². The van der Waals surface area contributed by atoms with E-state index in [2.05, 4.69) is 5.32 Å². The molecule has 0 spiro atoms. The lowest BCUT2D eigenvalue weighted by atomic mass is 9.99. The highest BCUT2D eigenvalue weighted by Crippen LogP contribution is 2.29. The minimum Gasteiger partial charge on any atom is -0.480 e. The summed E-state index contributed by atoms with van der Waals surface area (Å²) in [6, 6.07) is 4.01. The molecule has 0 radical (unpaired) electrons. The first-order chi connectivity index (χ1) is 13.2. The second kappa shape index (κ2) is 8.91. The quantitative estimate of drug-likeness (QED) is 0.672. The zero-order valence-electron chi connectivity index (χ0n) is 16.9. The first kappa shape index (κ1) is 21.5. The highest BCUT2D eigenvalue weighted by atomic mass is 16.5. The van der Waals surface area contributed by atoms with Gasteiger partial charge in [-0.05, 0) is 43.9 Å². The Balaban J connectivity index is 2.26. The van der Waals surface area contributed by atoms with Gasteiger partial charge in [0.25, 0.3) is 5.91 Å². The number of ether oxygens (including phenoxy) is 1. The fraction of sp³-hybridized carbons (Fsp3) is 0.476. The normalized spacial score (nSPS) is 14.3. The molecule has 0 saturated heterocycles. The molecule has 0 fully saturated rings. The van der Waals surface area contributed by atoms with Crippen molar-refractivity contribution < 1.29 is 23.8 Å². The minimum absolute atomic E-state index is 0.210. The van der Waals surface area contributed by atoms with Gasteiger partial charge in [-0.15, -0.1) is 0 Å². The van der Waals surface area contributed by atoms with E-state index in [1.54, 1.807) is 32.9 Å². The molecule has 28 heavy (non-hydrogen) atoms. The average Bonchev–Trinajstić information content (AvgIpc) is 2.66. The minimum atomic E-state index is -1.08. The van der Waals surface area contributed by atoms with Crippen molar-refractivity contribution in [3.05, 3.63) is 39.7 Å². The number of aryl methyl sites for hydroxylation is 2. The van der Waals surface area contributed by atoms with E-state index in [1.165, 1.54) is 6.07 Å². The molecule has 1 aromatic heterocycles. The largest absolute Gasteiger partial charge is 0.480 e. The number of hydrogen-bond acceptors (Lipinski definition) is 5. The first-order valence-corrected chi connectivity index (χ1v) is 9.45. The maximum atomic E-state index is 12.4. The van der Waals surface area contributed by atoms with Gasteiger partial charge >= 0.3 is 11.6 Å². The molecule has 3 atom stereocenters. The van der Waals surface area contributed by atoms with Gasteiger partial charge in [0.15, 0.2) is 6.10 Å². The van der Waals surface area contributed by atoms with Crippen molar-refractivity contribution in [1.29, 1.82) is 0 Å². The van der Waals surface area contributed by atoms with Crippen molar-refractivity contribution in [2.24, 2.45) is 5.92 Å². The molecular weight excluding hydrogens is 362 g/mol. The monoisotopic (exact) mass is 389 g/mol. The summed E-state index contributed by atoms with van der Waals surface area (Å²) >= 11 is 0. The zero-order chi connectivity index (χ0) is 21.0. The summed E-state index contributed by atoms with van der Waals surface area (Å²) < 4.78 is 11.1. The van der Waals surface area contributed by atoms with Crippen LogP contribution in [0.1, 0.15) is 45.2 Å². The molecule has 3 unspecified atom stereocenters. The number of benzene rings is 1. The highest BCUT2D eigenvalue weighted by Gasteiger charge is 2.28. The van der Waals surface area contributed by atoms with Crippen LogP contribution in [0.25, 0.3) is 11.0 Å². The molecule has 0 aliphatic rings. The molecule has 0 aliphatic heterocycles. The van der Waals surface area contributed by atoms with Crippen LogP contribution in [0, 0.1) is 12.8 Å². The number of carbonyl (C=O) groups excluding carboxylic acids is 1. The van der Waals surface area contributed by atoms with Gasteiger partial charge in [-0.25, -0.2) is 9.59 Å². The van der Waals surface area contributed by atoms with Crippen molar-refractivity contribution >= 4 is 22.8 Å². The van der Waals surface area contributed by atoms with Crippen LogP contribution in [0.4, 0.5) is 0 Å². The van der Waals surface area contributed by atoms with Gasteiger partial charge in [0.1, 0.15) is 17.4 Å². The number of carbonyl (C=O) groups is 2. The van der Waals surface area contributed by atoms with E-state index in [9.17, 15) is 19.5 Å². The lowest BCUT2D eigenvalue weighted by Crippen LogP contribution is -2.49. The third-order valence-electron chi connectivity index (χ3n) is 5.03. The van der Waals surface area contributed by atoms with E-state index in [-0.39, 0.29) is 5.92 Å². The van der Waals surface area contributed by atoms with Crippen molar-refractivity contribution in [1.82, 2.24) is 5.32 Å². The molecule has 2 N–H and O–H groups in total. The van der Waals surface area contributed by atoms with E-state index >= 15 is 0 Å². The third-order valence-corrected chi connectivity index (χ3v) is 5.03. The van der Waals surface area contributed by atoms with E-state index in [4.69, 9.17) is 9.15 Å². The average molecular weight is 389 g/mol. The molecule has 1 aromatic carbocycles. The van der Waals surface area contributed by atoms with Crippen molar-refractivity contribution in [2.45, 2.75) is 59.6 Å². The van der Waals surface area contributed by atoms with E-state index < -0.39 is 29.6 Å². The third kappa shape index (κ3) is 4.52. The van der Waals surface area contributed by atoms with E-state index in [0.717, 1.165) is 10.9 Å². The predicted octanol–water partition coefficient (Wildman–Crippen LogP) is 3.05. The number of carboxylic acids is 1. The second-order valence-electron chi connectivity index (χ2n) is 6.98. The number of amides is 1. The Bertz CT molecular complexity index is 932. The second-order valence-corrected chi connectivity index (χ2v) is 6.98. The van der Waals surface area contributed by atoms with Gasteiger partial charge in [-0.1, -0.05) is 27.2 Å². The van der Waals surface area contributed by atoms with Gasteiger partial charge in [-0.3, -0.25) is 4.79 Å². The van der Waals surface area contributed by atoms with Gasteiger partial charge in [-0.2, -0.15) is 0 Å². The Kier molecular flexibility index (Phi) is 6.83. The molecule has 7 nitrogen and oxygen atoms in total. The number of nitrogens with one attached hydrogen (secondary N) is 1. The van der Waals surface area contributed by atoms with Crippen molar-refractivity contribution in [3.8, 4) is 5.75 Å². The van der Waals surface area contributed by atoms with Crippen molar-refractivity contribution in [3.63, 3.8) is 0 Å². The lowest BCUT2D eigenvalue weighted by Gasteiger charge is -2.23. The molecule has 2 aromatic rings. The molecule has 2 rings (SSSR count). The van der Waals surface area contributed by atoms with Gasteiger partial charge < -0.3 is 19.6 Å². The van der Waals surface area contributed by atoms with Gasteiger partial charge in [0.2, 0.25) is 0 Å². The standard InChI is InChI=1S/C21H27NO6/c1-6-11(3)18(21(25)26)22-20(24)13(5)27-16-9-8-15-14(7-2)10-17(23)28-19(15)12(16)4/h8-11,13,18H,6-7H2,1-5H3,(H,22,24)(H,25,26). The Labute approximate surface area is 163 Å². The first-order valence-electron chi connectivity index (χ1n) is 9.45. The van der Waals surface area contributed by atoms with Crippen LogP contribution < -0.4 is 15.7 Å². The SMILES string of the molecule is CCc1cc(=O)oc2c(C)c(OC(C)C(=O)NC(C(=O)O)C(C)CC)ccc12. The number of carboxylic acid groups (broad SMARTS) is 1. The maximum Gasteiger partial charge on any atom is 0.336 e. The summed E-state index contributed by atoms with van der Waals surface area (Å²) in [5, 5.41) is 12.7. The van der Waals surface area contributed by atoms with Crippen LogP contribution in [0.15, 0.2) is 27.4 Å². The lowest BCUT2D eigenvalue weighted by molar-refractivity contribution is -0.144. The Morgan fingerprint density at radius 1 is 1.25 bits per heavy atom. The zero-order valence-corrected chi connectivity index (χ0v) is 16.9. The summed E-state index contributed by atoms with van der Waals surface area (Å²) in [6.45, 7) is 8.89. The van der Waals surface area contributed by atoms with E-state index in [1.807, 2.05) is 13.8 Å². The molecule has 1 amide bonds. The predicted molar refractivity (Wildman–Crippen MR) is 106 cm³/mol. The molecule has 0 saturated carbocycles. The summed E-state index contributed by atoms with van der Waals surface area (Å²) in [6.07, 6.45) is 0.394. The fourth-order valence-corrected chi connectivity index (χ4v) is 3.03. The van der Waals surface area contributed by atoms with Crippen LogP contribution >= 0.6 is 0 Å². The summed E-state index contributed by atoms with van der Waals surface area (Å²) in [5.41, 5.74) is 1.48. The molecule has 152 valence electrons. The Morgan fingerprint density at radius 2 is 1.93 bits per heavy atom. The molecule has 1 heterocycles. The van der Waals surface area contributed by atoms with E-state index in [0.29, 0.717) is 29.7 Å². The van der Waals surface area contributed by atoms with Crippen LogP contribution in [0.5, 0.6) is 5.75 Å². The van der Waals surface area contributed by atoms with Crippen LogP contribution in [-0.4, -0.2) is 29.1 Å². The Morgan fingerprint density at radius 3 is 2.50 bits per heavy atom. The van der Waals surface area contributed by atoms with Gasteiger partial charge in [0.05, 0.1) is 0 Å². The van der Waals surface area contributed by atoms with Crippen LogP contribution in [-0.2, 0) is 16.0 Å². The number of aliphatic carboxylic acids is 1. The number of fused-ring (bicyclic) bond motifs is 1. The molecular formula is C21H27NO6. The highest BCUT2D eigenvalue weighted by molar-refractivity contribution is 5.87.